The first kappa shape index (κ1) is 17.2. The van der Waals surface area contributed by atoms with E-state index >= 15 is 0 Å². The van der Waals surface area contributed by atoms with Gasteiger partial charge in [-0.15, -0.1) is 0 Å². The van der Waals surface area contributed by atoms with E-state index in [-0.39, 0.29) is 12.5 Å². The molecule has 3 nitrogen and oxygen atoms in total. The topological polar surface area (TPSA) is 40.5 Å². The number of carbonyl (C=O) groups is 1. The van der Waals surface area contributed by atoms with Crippen molar-refractivity contribution in [2.24, 2.45) is 0 Å². The van der Waals surface area contributed by atoms with Gasteiger partial charge in [-0.1, -0.05) is 61.9 Å². The number of nitrogens with zero attached hydrogens (tertiary/aromatic N) is 1. The summed E-state index contributed by atoms with van der Waals surface area (Å²) in [6.45, 7) is 3.18. The predicted molar refractivity (Wildman–Crippen MR) is 93.6 cm³/mol. The van der Waals surface area contributed by atoms with Gasteiger partial charge in [-0.05, 0) is 30.0 Å². The monoisotopic (exact) mass is 311 g/mol. The Bertz CT molecular complexity index is 610. The van der Waals surface area contributed by atoms with Gasteiger partial charge in [0.25, 0.3) is 5.91 Å². The van der Waals surface area contributed by atoms with E-state index in [0.717, 1.165) is 30.4 Å². The third-order valence-corrected chi connectivity index (χ3v) is 3.92. The molecule has 2 aromatic rings. The molecule has 3 heteroatoms. The molecule has 0 aliphatic carbocycles. The molecule has 0 bridgehead atoms. The molecule has 2 rings (SSSR count). The number of aliphatic hydroxyl groups is 1. The average Bonchev–Trinajstić information content (AvgIpc) is 2.59. The van der Waals surface area contributed by atoms with E-state index in [1.54, 1.807) is 4.90 Å². The number of unbranched alkanes of at least 4 members (excludes halogenated alkanes) is 1. The molecule has 0 radical (unpaired) electrons. The number of rotatable bonds is 8. The van der Waals surface area contributed by atoms with Gasteiger partial charge in [0, 0.05) is 18.7 Å². The number of benzene rings is 2. The van der Waals surface area contributed by atoms with Crippen molar-refractivity contribution < 1.29 is 9.90 Å². The number of aliphatic hydroxyl groups excluding tert-OH is 1. The highest BCUT2D eigenvalue weighted by Crippen LogP contribution is 2.17. The summed E-state index contributed by atoms with van der Waals surface area (Å²) < 4.78 is 0. The molecule has 0 atom stereocenters. The molecule has 2 aromatic carbocycles. The minimum atomic E-state index is -0.00366. The zero-order valence-electron chi connectivity index (χ0n) is 13.7. The smallest absolute Gasteiger partial charge is 0.254 e. The maximum atomic E-state index is 12.9. The summed E-state index contributed by atoms with van der Waals surface area (Å²) in [5, 5.41) is 9.24. The molecule has 0 aliphatic rings. The second-order valence-electron chi connectivity index (χ2n) is 5.69. The van der Waals surface area contributed by atoms with Gasteiger partial charge in [0.1, 0.15) is 0 Å². The summed E-state index contributed by atoms with van der Waals surface area (Å²) in [6, 6.07) is 17.9. The van der Waals surface area contributed by atoms with E-state index < -0.39 is 0 Å². The van der Waals surface area contributed by atoms with Crippen LogP contribution in [0.2, 0.25) is 0 Å². The summed E-state index contributed by atoms with van der Waals surface area (Å²) in [4.78, 5) is 14.6. The van der Waals surface area contributed by atoms with E-state index in [1.807, 2.05) is 42.5 Å². The van der Waals surface area contributed by atoms with Crippen molar-refractivity contribution in [1.29, 1.82) is 0 Å². The van der Waals surface area contributed by atoms with Crippen molar-refractivity contribution >= 4 is 5.91 Å². The molecule has 0 saturated carbocycles. The highest BCUT2D eigenvalue weighted by molar-refractivity contribution is 5.95. The van der Waals surface area contributed by atoms with Crippen molar-refractivity contribution in [1.82, 2.24) is 4.90 Å². The second kappa shape index (κ2) is 9.11. The van der Waals surface area contributed by atoms with Crippen molar-refractivity contribution in [3.8, 4) is 0 Å². The van der Waals surface area contributed by atoms with Crippen molar-refractivity contribution in [2.75, 3.05) is 19.7 Å². The SMILES string of the molecule is CCCCN(CCO)C(=O)c1ccccc1Cc1ccccc1. The fraction of sp³-hybridized carbons (Fsp3) is 0.350. The normalized spacial score (nSPS) is 10.5. The maximum Gasteiger partial charge on any atom is 0.254 e. The molecule has 0 unspecified atom stereocenters. The Kier molecular flexibility index (Phi) is 6.82. The van der Waals surface area contributed by atoms with Gasteiger partial charge in [0.15, 0.2) is 0 Å². The van der Waals surface area contributed by atoms with Gasteiger partial charge in [0.2, 0.25) is 0 Å². The molecule has 122 valence electrons. The Morgan fingerprint density at radius 3 is 2.39 bits per heavy atom. The van der Waals surface area contributed by atoms with Crippen LogP contribution in [-0.4, -0.2) is 35.6 Å². The molecule has 0 fully saturated rings. The van der Waals surface area contributed by atoms with E-state index in [2.05, 4.69) is 19.1 Å². The lowest BCUT2D eigenvalue weighted by Gasteiger charge is -2.23. The second-order valence-corrected chi connectivity index (χ2v) is 5.69. The first-order chi connectivity index (χ1) is 11.3. The Labute approximate surface area is 138 Å². The first-order valence-electron chi connectivity index (χ1n) is 8.28. The number of amides is 1. The van der Waals surface area contributed by atoms with Crippen LogP contribution < -0.4 is 0 Å². The van der Waals surface area contributed by atoms with Crippen LogP contribution in [0.15, 0.2) is 54.6 Å². The predicted octanol–water partition coefficient (Wildman–Crippen LogP) is 3.51. The van der Waals surface area contributed by atoms with Gasteiger partial charge >= 0.3 is 0 Å². The van der Waals surface area contributed by atoms with Crippen molar-refractivity contribution in [3.63, 3.8) is 0 Å². The average molecular weight is 311 g/mol. The Morgan fingerprint density at radius 1 is 1.00 bits per heavy atom. The lowest BCUT2D eigenvalue weighted by atomic mass is 9.99. The van der Waals surface area contributed by atoms with Gasteiger partial charge < -0.3 is 10.0 Å². The Morgan fingerprint density at radius 2 is 1.70 bits per heavy atom. The fourth-order valence-electron chi connectivity index (χ4n) is 2.65. The molecule has 0 aromatic heterocycles. The fourth-order valence-corrected chi connectivity index (χ4v) is 2.65. The van der Waals surface area contributed by atoms with Crippen LogP contribution in [0.3, 0.4) is 0 Å². The maximum absolute atomic E-state index is 12.9. The largest absolute Gasteiger partial charge is 0.395 e. The number of hydrogen-bond acceptors (Lipinski definition) is 2. The van der Waals surface area contributed by atoms with Gasteiger partial charge in [-0.25, -0.2) is 0 Å². The highest BCUT2D eigenvalue weighted by Gasteiger charge is 2.17. The first-order valence-corrected chi connectivity index (χ1v) is 8.28. The van der Waals surface area contributed by atoms with Crippen LogP contribution in [0.5, 0.6) is 0 Å². The minimum absolute atomic E-state index is 0.00366. The van der Waals surface area contributed by atoms with Crippen LogP contribution in [0.1, 0.15) is 41.3 Å². The Hall–Kier alpha value is -2.13. The summed E-state index contributed by atoms with van der Waals surface area (Å²) in [5.41, 5.74) is 2.96. The molecule has 0 spiro atoms. The quantitative estimate of drug-likeness (QED) is 0.810. The van der Waals surface area contributed by atoms with Crippen LogP contribution >= 0.6 is 0 Å². The molecule has 1 N–H and O–H groups in total. The van der Waals surface area contributed by atoms with E-state index in [0.29, 0.717) is 13.1 Å². The van der Waals surface area contributed by atoms with E-state index in [4.69, 9.17) is 0 Å². The Balaban J connectivity index is 2.22. The van der Waals surface area contributed by atoms with E-state index in [1.165, 1.54) is 5.56 Å². The lowest BCUT2D eigenvalue weighted by molar-refractivity contribution is 0.0718. The van der Waals surface area contributed by atoms with Gasteiger partial charge in [0.05, 0.1) is 6.61 Å². The third kappa shape index (κ3) is 4.93. The number of hydrogen-bond donors (Lipinski definition) is 1. The molecular weight excluding hydrogens is 286 g/mol. The minimum Gasteiger partial charge on any atom is -0.395 e. The highest BCUT2D eigenvalue weighted by atomic mass is 16.3. The zero-order chi connectivity index (χ0) is 16.5. The van der Waals surface area contributed by atoms with Crippen LogP contribution in [0.4, 0.5) is 0 Å². The van der Waals surface area contributed by atoms with Gasteiger partial charge in [-0.3, -0.25) is 4.79 Å². The lowest BCUT2D eigenvalue weighted by Crippen LogP contribution is -2.35. The molecule has 23 heavy (non-hydrogen) atoms. The summed E-state index contributed by atoms with van der Waals surface area (Å²) >= 11 is 0. The third-order valence-electron chi connectivity index (χ3n) is 3.92. The standard InChI is InChI=1S/C20H25NO2/c1-2-3-13-21(14-15-22)20(23)19-12-8-7-11-18(19)16-17-9-5-4-6-10-17/h4-12,22H,2-3,13-16H2,1H3. The summed E-state index contributed by atoms with van der Waals surface area (Å²) in [5.74, 6) is 0.0130. The molecular formula is C20H25NO2. The molecule has 0 saturated heterocycles. The molecule has 1 amide bonds. The molecule has 0 aliphatic heterocycles. The van der Waals surface area contributed by atoms with Crippen LogP contribution in [-0.2, 0) is 6.42 Å². The van der Waals surface area contributed by atoms with Gasteiger partial charge in [-0.2, -0.15) is 0 Å². The van der Waals surface area contributed by atoms with E-state index in [9.17, 15) is 9.90 Å². The van der Waals surface area contributed by atoms with Crippen LogP contribution in [0.25, 0.3) is 0 Å². The van der Waals surface area contributed by atoms with Crippen molar-refractivity contribution in [3.05, 3.63) is 71.3 Å². The molecule has 0 heterocycles. The summed E-state index contributed by atoms with van der Waals surface area (Å²) in [6.07, 6.45) is 2.72. The van der Waals surface area contributed by atoms with Crippen molar-refractivity contribution in [2.45, 2.75) is 26.2 Å². The zero-order valence-corrected chi connectivity index (χ0v) is 13.7. The van der Waals surface area contributed by atoms with Crippen LogP contribution in [0, 0.1) is 0 Å². The summed E-state index contributed by atoms with van der Waals surface area (Å²) in [7, 11) is 0. The number of carbonyl (C=O) groups excluding carboxylic acids is 1.